The number of phenols is 1. The SMILES string of the molecule is O=C1C2CC(CN1Cc1cccc(O)c1)S2. The number of piperidine rings is 1. The normalized spacial score (nSPS) is 27.8. The van der Waals surface area contributed by atoms with Gasteiger partial charge in [0.1, 0.15) is 5.75 Å². The maximum atomic E-state index is 11.9. The van der Waals surface area contributed by atoms with Crippen LogP contribution in [0, 0.1) is 0 Å². The highest BCUT2D eigenvalue weighted by atomic mass is 32.2. The molecule has 84 valence electrons. The van der Waals surface area contributed by atoms with Crippen molar-refractivity contribution in [1.82, 2.24) is 4.90 Å². The van der Waals surface area contributed by atoms with Crippen LogP contribution in [0.5, 0.6) is 5.75 Å². The second kappa shape index (κ2) is 3.70. The summed E-state index contributed by atoms with van der Waals surface area (Å²) in [5.41, 5.74) is 1.000. The van der Waals surface area contributed by atoms with Gasteiger partial charge in [0.15, 0.2) is 0 Å². The van der Waals surface area contributed by atoms with Gasteiger partial charge >= 0.3 is 0 Å². The van der Waals surface area contributed by atoms with E-state index >= 15 is 0 Å². The van der Waals surface area contributed by atoms with Gasteiger partial charge in [0.2, 0.25) is 5.91 Å². The zero-order chi connectivity index (χ0) is 11.1. The summed E-state index contributed by atoms with van der Waals surface area (Å²) in [4.78, 5) is 13.8. The van der Waals surface area contributed by atoms with Gasteiger partial charge in [-0.15, -0.1) is 11.8 Å². The minimum atomic E-state index is 0.205. The Balaban J connectivity index is 1.73. The van der Waals surface area contributed by atoms with E-state index in [-0.39, 0.29) is 16.9 Å². The molecule has 0 radical (unpaired) electrons. The van der Waals surface area contributed by atoms with E-state index in [1.165, 1.54) is 0 Å². The zero-order valence-electron chi connectivity index (χ0n) is 8.80. The van der Waals surface area contributed by atoms with E-state index in [0.29, 0.717) is 11.8 Å². The molecule has 2 unspecified atom stereocenters. The first-order valence-electron chi connectivity index (χ1n) is 5.44. The molecule has 4 rings (SSSR count). The molecular formula is C12H13NO2S. The molecule has 0 aromatic heterocycles. The third-order valence-electron chi connectivity index (χ3n) is 3.13. The summed E-state index contributed by atoms with van der Waals surface area (Å²) in [6.45, 7) is 1.48. The summed E-state index contributed by atoms with van der Waals surface area (Å²) < 4.78 is 0. The van der Waals surface area contributed by atoms with E-state index in [9.17, 15) is 9.90 Å². The lowest BCUT2D eigenvalue weighted by molar-refractivity contribution is -0.134. The number of rotatable bonds is 2. The number of benzene rings is 1. The number of fused-ring (bicyclic) bond motifs is 2. The molecule has 16 heavy (non-hydrogen) atoms. The Kier molecular flexibility index (Phi) is 2.32. The van der Waals surface area contributed by atoms with Crippen LogP contribution < -0.4 is 0 Å². The van der Waals surface area contributed by atoms with Crippen molar-refractivity contribution in [3.8, 4) is 5.75 Å². The molecule has 1 aromatic carbocycles. The Morgan fingerprint density at radius 2 is 2.31 bits per heavy atom. The number of carbonyl (C=O) groups is 1. The largest absolute Gasteiger partial charge is 0.508 e. The molecule has 3 heterocycles. The molecule has 3 aliphatic rings. The molecule has 2 bridgehead atoms. The molecule has 0 aliphatic carbocycles. The fraction of sp³-hybridized carbons (Fsp3) is 0.417. The molecule has 3 saturated heterocycles. The lowest BCUT2D eigenvalue weighted by Gasteiger charge is -2.45. The number of thioether (sulfide) groups is 1. The molecule has 3 nitrogen and oxygen atoms in total. The second-order valence-electron chi connectivity index (χ2n) is 4.37. The van der Waals surface area contributed by atoms with Crippen LogP contribution in [0.1, 0.15) is 12.0 Å². The highest BCUT2D eigenvalue weighted by Gasteiger charge is 2.44. The highest BCUT2D eigenvalue weighted by Crippen LogP contribution is 2.42. The number of amides is 1. The van der Waals surface area contributed by atoms with Crippen LogP contribution in [0.25, 0.3) is 0 Å². The van der Waals surface area contributed by atoms with Gasteiger partial charge < -0.3 is 10.0 Å². The van der Waals surface area contributed by atoms with Crippen LogP contribution in [-0.4, -0.2) is 33.0 Å². The van der Waals surface area contributed by atoms with Crippen LogP contribution in [0.2, 0.25) is 0 Å². The topological polar surface area (TPSA) is 40.5 Å². The summed E-state index contributed by atoms with van der Waals surface area (Å²) in [7, 11) is 0. The Morgan fingerprint density at radius 3 is 3.00 bits per heavy atom. The Labute approximate surface area is 98.4 Å². The van der Waals surface area contributed by atoms with Crippen molar-refractivity contribution in [2.75, 3.05) is 6.54 Å². The van der Waals surface area contributed by atoms with Crippen molar-refractivity contribution in [3.05, 3.63) is 29.8 Å². The van der Waals surface area contributed by atoms with Crippen LogP contribution >= 0.6 is 11.8 Å². The molecule has 0 saturated carbocycles. The van der Waals surface area contributed by atoms with E-state index in [1.54, 1.807) is 23.9 Å². The molecule has 3 aliphatic heterocycles. The van der Waals surface area contributed by atoms with Gasteiger partial charge in [-0.05, 0) is 24.1 Å². The van der Waals surface area contributed by atoms with Gasteiger partial charge in [-0.2, -0.15) is 0 Å². The Hall–Kier alpha value is -1.16. The van der Waals surface area contributed by atoms with Gasteiger partial charge in [-0.1, -0.05) is 12.1 Å². The standard InChI is InChI=1S/C12H13NO2S/c14-9-3-1-2-8(4-9)6-13-7-10-5-11(16-10)12(13)15/h1-4,10-11,14H,5-7H2. The monoisotopic (exact) mass is 235 g/mol. The summed E-state index contributed by atoms with van der Waals surface area (Å²) in [6.07, 6.45) is 1.06. The van der Waals surface area contributed by atoms with Crippen molar-refractivity contribution in [2.45, 2.75) is 23.5 Å². The van der Waals surface area contributed by atoms with Crippen molar-refractivity contribution in [2.24, 2.45) is 0 Å². The predicted octanol–water partition coefficient (Wildman–Crippen LogP) is 1.61. The van der Waals surface area contributed by atoms with E-state index in [2.05, 4.69) is 0 Å². The smallest absolute Gasteiger partial charge is 0.236 e. The quantitative estimate of drug-likeness (QED) is 0.846. The molecule has 1 N–H and O–H groups in total. The lowest BCUT2D eigenvalue weighted by atomic mass is 10.1. The van der Waals surface area contributed by atoms with Gasteiger partial charge in [0.05, 0.1) is 5.25 Å². The van der Waals surface area contributed by atoms with Gasteiger partial charge in [0, 0.05) is 18.3 Å². The third-order valence-corrected chi connectivity index (χ3v) is 4.58. The van der Waals surface area contributed by atoms with Crippen molar-refractivity contribution >= 4 is 17.7 Å². The molecular weight excluding hydrogens is 222 g/mol. The Bertz CT molecular complexity index is 429. The molecule has 1 aromatic rings. The molecule has 2 atom stereocenters. The predicted molar refractivity (Wildman–Crippen MR) is 63.3 cm³/mol. The fourth-order valence-corrected chi connectivity index (χ4v) is 3.58. The number of aromatic hydroxyl groups is 1. The fourth-order valence-electron chi connectivity index (χ4n) is 2.29. The minimum Gasteiger partial charge on any atom is -0.508 e. The number of phenolic OH excluding ortho intramolecular Hbond substituents is 1. The summed E-state index contributed by atoms with van der Waals surface area (Å²) in [6, 6.07) is 7.13. The van der Waals surface area contributed by atoms with Crippen LogP contribution in [-0.2, 0) is 11.3 Å². The molecule has 3 fully saturated rings. The second-order valence-corrected chi connectivity index (χ2v) is 5.88. The zero-order valence-corrected chi connectivity index (χ0v) is 9.61. The van der Waals surface area contributed by atoms with Crippen molar-refractivity contribution in [1.29, 1.82) is 0 Å². The minimum absolute atomic E-state index is 0.205. The van der Waals surface area contributed by atoms with Crippen molar-refractivity contribution < 1.29 is 9.90 Å². The first-order chi connectivity index (χ1) is 7.72. The van der Waals surface area contributed by atoms with Crippen LogP contribution in [0.15, 0.2) is 24.3 Å². The number of nitrogens with zero attached hydrogens (tertiary/aromatic N) is 1. The molecule has 4 heteroatoms. The van der Waals surface area contributed by atoms with E-state index in [4.69, 9.17) is 0 Å². The first-order valence-corrected chi connectivity index (χ1v) is 6.39. The van der Waals surface area contributed by atoms with Gasteiger partial charge in [-0.3, -0.25) is 4.79 Å². The highest BCUT2D eigenvalue weighted by molar-refractivity contribution is 8.02. The van der Waals surface area contributed by atoms with Crippen molar-refractivity contribution in [3.63, 3.8) is 0 Å². The lowest BCUT2D eigenvalue weighted by Crippen LogP contribution is -2.54. The summed E-state index contributed by atoms with van der Waals surface area (Å²) in [5, 5.41) is 10.2. The Morgan fingerprint density at radius 1 is 1.50 bits per heavy atom. The maximum absolute atomic E-state index is 11.9. The first kappa shape index (κ1) is 10.0. The maximum Gasteiger partial charge on any atom is 0.236 e. The molecule has 1 amide bonds. The third kappa shape index (κ3) is 1.67. The average molecular weight is 235 g/mol. The summed E-state index contributed by atoms with van der Waals surface area (Å²) >= 11 is 1.80. The average Bonchev–Trinajstić information content (AvgIpc) is 2.19. The number of carbonyl (C=O) groups excluding carboxylic acids is 1. The van der Waals surface area contributed by atoms with E-state index in [0.717, 1.165) is 18.5 Å². The van der Waals surface area contributed by atoms with Gasteiger partial charge in [-0.25, -0.2) is 0 Å². The van der Waals surface area contributed by atoms with E-state index < -0.39 is 0 Å². The summed E-state index contributed by atoms with van der Waals surface area (Å²) in [5.74, 6) is 0.525. The number of hydrogen-bond donors (Lipinski definition) is 1. The van der Waals surface area contributed by atoms with Crippen LogP contribution in [0.3, 0.4) is 0 Å². The van der Waals surface area contributed by atoms with Crippen LogP contribution in [0.4, 0.5) is 0 Å². The number of hydrogen-bond acceptors (Lipinski definition) is 3. The molecule has 0 spiro atoms. The van der Waals surface area contributed by atoms with Gasteiger partial charge in [0.25, 0.3) is 0 Å². The van der Waals surface area contributed by atoms with E-state index in [1.807, 2.05) is 17.0 Å².